The van der Waals surface area contributed by atoms with E-state index in [2.05, 4.69) is 78.9 Å². The van der Waals surface area contributed by atoms with E-state index in [1.807, 2.05) is 26.2 Å². The lowest BCUT2D eigenvalue weighted by Crippen LogP contribution is -2.68. The maximum Gasteiger partial charge on any atom is 0.501 e. The van der Waals surface area contributed by atoms with Gasteiger partial charge in [-0.25, -0.2) is 0 Å². The quantitative estimate of drug-likeness (QED) is 0.0420. The van der Waals surface area contributed by atoms with Crippen LogP contribution >= 0.6 is 0 Å². The SMILES string of the molecule is C=CCO[Si](CC[Si]1(C)O[Si](C)(CC[Si](OCC=C)(OCC=C)OCC=C)O[Si](C)(CC[Si](OCC=C)(OCC=C)OCC=C)O[Si](C)(CC[Si](OCC=C)(OCC=C)OCC=C)O1)(OCC=C)OCC=C. The molecule has 0 aromatic heterocycles. The van der Waals surface area contributed by atoms with Crippen LogP contribution in [-0.4, -0.2) is 149 Å². The van der Waals surface area contributed by atoms with E-state index < -0.39 is 69.5 Å². The summed E-state index contributed by atoms with van der Waals surface area (Å²) in [5.41, 5.74) is 0. The van der Waals surface area contributed by atoms with E-state index >= 15 is 0 Å². The highest BCUT2D eigenvalue weighted by Crippen LogP contribution is 2.42. The summed E-state index contributed by atoms with van der Waals surface area (Å²) >= 11 is 0. The second-order valence-corrected chi connectivity index (χ2v) is 42.1. The predicted octanol–water partition coefficient (Wildman–Crippen LogP) is 10.5. The predicted molar refractivity (Wildman–Crippen MR) is 306 cm³/mol. The highest BCUT2D eigenvalue weighted by atomic mass is 28.5. The molecule has 1 saturated heterocycles. The first-order chi connectivity index (χ1) is 34.4. The summed E-state index contributed by atoms with van der Waals surface area (Å²) in [5.74, 6) is 0. The second kappa shape index (κ2) is 36.1. The molecule has 0 saturated carbocycles. The van der Waals surface area contributed by atoms with Crippen molar-refractivity contribution in [1.29, 1.82) is 0 Å². The standard InChI is InChI=1S/C48H88O16Si8/c1-17-29-49-69(50-30-18-2,51-31-19-3)45-41-65(13)61-66(14,42-46-70(52-32-20-4,53-33-21-5)54-34-22-6)63-68(16,44-48-72(58-38-26-10,59-39-27-11)60-40-28-12)64-67(15,62-65)43-47-71(55-35-23-7,56-36-24-8)57-37-25-9/h17-28H,1-12,29-48H2,13-16H3. The van der Waals surface area contributed by atoms with Crippen LogP contribution in [0.1, 0.15) is 0 Å². The van der Waals surface area contributed by atoms with Gasteiger partial charge in [0, 0.05) is 24.2 Å². The maximum absolute atomic E-state index is 7.70. The van der Waals surface area contributed by atoms with Gasteiger partial charge in [0.15, 0.2) is 0 Å². The van der Waals surface area contributed by atoms with Gasteiger partial charge in [0.05, 0.1) is 79.3 Å². The van der Waals surface area contributed by atoms with Gasteiger partial charge in [0.25, 0.3) is 0 Å². The zero-order chi connectivity index (χ0) is 53.9. The number of hydrogen-bond donors (Lipinski definition) is 0. The molecular weight excluding hydrogens is 1060 g/mol. The van der Waals surface area contributed by atoms with E-state index in [4.69, 9.17) is 69.6 Å². The zero-order valence-electron chi connectivity index (χ0n) is 44.1. The molecule has 0 spiro atoms. The van der Waals surface area contributed by atoms with Crippen LogP contribution in [0, 0.1) is 0 Å². The Labute approximate surface area is 442 Å². The molecule has 0 aliphatic carbocycles. The Morgan fingerprint density at radius 1 is 0.250 bits per heavy atom. The average Bonchev–Trinajstić information content (AvgIpc) is 3.36. The monoisotopic (exact) mass is 1140 g/mol. The average molecular weight is 1150 g/mol. The van der Waals surface area contributed by atoms with Gasteiger partial charge in [-0.05, 0) is 50.4 Å². The first-order valence-electron chi connectivity index (χ1n) is 24.2. The Bertz CT molecular complexity index is 1330. The van der Waals surface area contributed by atoms with Crippen molar-refractivity contribution in [3.63, 3.8) is 0 Å². The minimum absolute atomic E-state index is 0.184. The summed E-state index contributed by atoms with van der Waals surface area (Å²) in [4.78, 5) is 0. The largest absolute Gasteiger partial charge is 0.501 e. The van der Waals surface area contributed by atoms with Gasteiger partial charge < -0.3 is 69.6 Å². The lowest BCUT2D eigenvalue weighted by atomic mass is 10.7. The van der Waals surface area contributed by atoms with Gasteiger partial charge >= 0.3 is 69.5 Å². The van der Waals surface area contributed by atoms with Crippen molar-refractivity contribution in [2.75, 3.05) is 79.3 Å². The zero-order valence-corrected chi connectivity index (χ0v) is 52.1. The van der Waals surface area contributed by atoms with Crippen molar-refractivity contribution >= 4 is 69.5 Å². The molecule has 1 aliphatic rings. The van der Waals surface area contributed by atoms with Gasteiger partial charge in [0.1, 0.15) is 0 Å². The lowest BCUT2D eigenvalue weighted by molar-refractivity contribution is 0.0863. The topological polar surface area (TPSA) is 148 Å². The first-order valence-corrected chi connectivity index (χ1v) is 42.0. The van der Waals surface area contributed by atoms with Crippen molar-refractivity contribution in [3.8, 4) is 0 Å². The van der Waals surface area contributed by atoms with Crippen LogP contribution in [0.25, 0.3) is 0 Å². The maximum atomic E-state index is 7.70. The van der Waals surface area contributed by atoms with Crippen molar-refractivity contribution in [3.05, 3.63) is 152 Å². The molecule has 1 heterocycles. The van der Waals surface area contributed by atoms with E-state index in [0.717, 1.165) is 0 Å². The summed E-state index contributed by atoms with van der Waals surface area (Å²) in [6.07, 6.45) is 19.9. The first kappa shape index (κ1) is 68.0. The number of rotatable bonds is 48. The molecule has 0 unspecified atom stereocenters. The van der Waals surface area contributed by atoms with Crippen LogP contribution in [-0.2, 0) is 69.6 Å². The van der Waals surface area contributed by atoms with Crippen LogP contribution < -0.4 is 0 Å². The molecular formula is C48H88O16Si8. The van der Waals surface area contributed by atoms with Gasteiger partial charge in [-0.15, -0.1) is 78.9 Å². The highest BCUT2D eigenvalue weighted by molar-refractivity contribution is 6.95. The molecule has 0 bridgehead atoms. The summed E-state index contributed by atoms with van der Waals surface area (Å²) in [5, 5.41) is 0. The molecule has 1 rings (SSSR count). The van der Waals surface area contributed by atoms with E-state index in [-0.39, 0.29) is 79.3 Å². The van der Waals surface area contributed by atoms with Crippen molar-refractivity contribution in [2.24, 2.45) is 0 Å². The van der Waals surface area contributed by atoms with E-state index in [9.17, 15) is 0 Å². The summed E-state index contributed by atoms with van der Waals surface area (Å²) in [7, 11) is -28.1. The summed E-state index contributed by atoms with van der Waals surface area (Å²) in [6.45, 7) is 57.1. The molecule has 1 fully saturated rings. The van der Waals surface area contributed by atoms with Crippen LogP contribution in [0.4, 0.5) is 0 Å². The third-order valence-corrected chi connectivity index (χ3v) is 41.5. The van der Waals surface area contributed by atoms with Crippen molar-refractivity contribution < 1.29 is 69.6 Å². The van der Waals surface area contributed by atoms with Crippen LogP contribution in [0.15, 0.2) is 152 Å². The Morgan fingerprint density at radius 3 is 0.458 bits per heavy atom. The molecule has 408 valence electrons. The van der Waals surface area contributed by atoms with Crippen molar-refractivity contribution in [1.82, 2.24) is 0 Å². The highest BCUT2D eigenvalue weighted by Gasteiger charge is 2.61. The molecule has 0 amide bonds. The minimum atomic E-state index is -3.53. The van der Waals surface area contributed by atoms with E-state index in [1.54, 1.807) is 72.9 Å². The summed E-state index contributed by atoms with van der Waals surface area (Å²) < 4.78 is 108. The Kier molecular flexibility index (Phi) is 34.1. The fourth-order valence-corrected chi connectivity index (χ4v) is 46.8. The molecule has 16 nitrogen and oxygen atoms in total. The molecule has 0 aromatic rings. The Morgan fingerprint density at radius 2 is 0.361 bits per heavy atom. The molecule has 0 atom stereocenters. The third-order valence-electron chi connectivity index (χ3n) is 10.3. The van der Waals surface area contributed by atoms with Gasteiger partial charge in [-0.1, -0.05) is 72.9 Å². The molecule has 0 aromatic carbocycles. The molecule has 72 heavy (non-hydrogen) atoms. The summed E-state index contributed by atoms with van der Waals surface area (Å²) in [6, 6.07) is 2.63. The smallest absolute Gasteiger partial charge is 0.416 e. The van der Waals surface area contributed by atoms with Gasteiger partial charge in [-0.2, -0.15) is 0 Å². The molecule has 24 heteroatoms. The van der Waals surface area contributed by atoms with E-state index in [1.165, 1.54) is 0 Å². The third kappa shape index (κ3) is 25.2. The number of hydrogen-bond acceptors (Lipinski definition) is 16. The fraction of sp³-hybridized carbons (Fsp3) is 0.500. The minimum Gasteiger partial charge on any atom is -0.416 e. The van der Waals surface area contributed by atoms with Crippen molar-refractivity contribution in [2.45, 2.75) is 74.5 Å². The fourth-order valence-electron chi connectivity index (χ4n) is 7.44. The lowest BCUT2D eigenvalue weighted by Gasteiger charge is -2.51. The van der Waals surface area contributed by atoms with Crippen LogP contribution in [0.3, 0.4) is 0 Å². The molecule has 0 N–H and O–H groups in total. The molecule has 0 radical (unpaired) electrons. The van der Waals surface area contributed by atoms with Gasteiger partial charge in [-0.3, -0.25) is 0 Å². The molecule has 1 aliphatic heterocycles. The van der Waals surface area contributed by atoms with E-state index in [0.29, 0.717) is 48.4 Å². The van der Waals surface area contributed by atoms with Gasteiger partial charge in [0.2, 0.25) is 0 Å². The Balaban J connectivity index is 4.40. The second-order valence-electron chi connectivity index (χ2n) is 16.9. The van der Waals surface area contributed by atoms with Crippen LogP contribution in [0.2, 0.25) is 74.5 Å². The Hall–Kier alpha value is -2.02. The van der Waals surface area contributed by atoms with Crippen LogP contribution in [0.5, 0.6) is 0 Å². The normalized spacial score (nSPS) is 21.8.